The molecule has 0 atom stereocenters. The van der Waals surface area contributed by atoms with Gasteiger partial charge in [0.05, 0.1) is 7.11 Å². The Morgan fingerprint density at radius 3 is 2.41 bits per heavy atom. The molecule has 0 radical (unpaired) electrons. The zero-order valence-corrected chi connectivity index (χ0v) is 18.6. The Balaban J connectivity index is 1.63. The van der Waals surface area contributed by atoms with Crippen LogP contribution in [-0.4, -0.2) is 21.9 Å². The molecule has 0 N–H and O–H groups in total. The first-order valence-electron chi connectivity index (χ1n) is 9.82. The maximum absolute atomic E-state index is 5.96. The van der Waals surface area contributed by atoms with Crippen LogP contribution in [0.4, 0.5) is 0 Å². The maximum Gasteiger partial charge on any atom is 0.191 e. The van der Waals surface area contributed by atoms with Crippen LogP contribution in [0.1, 0.15) is 44.6 Å². The van der Waals surface area contributed by atoms with E-state index < -0.39 is 0 Å². The Morgan fingerprint density at radius 2 is 1.76 bits per heavy atom. The van der Waals surface area contributed by atoms with Crippen LogP contribution in [0.3, 0.4) is 0 Å². The summed E-state index contributed by atoms with van der Waals surface area (Å²) >= 11 is 1.67. The Bertz CT molecular complexity index is 930. The number of thioether (sulfide) groups is 1. The van der Waals surface area contributed by atoms with Crippen LogP contribution in [0.2, 0.25) is 0 Å². The second-order valence-electron chi connectivity index (χ2n) is 7.85. The maximum atomic E-state index is 5.96. The van der Waals surface area contributed by atoms with E-state index in [1.54, 1.807) is 18.9 Å². The molecule has 0 aliphatic heterocycles. The third-order valence-corrected chi connectivity index (χ3v) is 5.74. The molecule has 0 aliphatic carbocycles. The molecule has 0 spiro atoms. The first kappa shape index (κ1) is 21.2. The Hall–Kier alpha value is -2.47. The van der Waals surface area contributed by atoms with E-state index in [1.165, 1.54) is 11.1 Å². The highest BCUT2D eigenvalue weighted by molar-refractivity contribution is 7.98. The fourth-order valence-corrected chi connectivity index (χ4v) is 3.92. The van der Waals surface area contributed by atoms with Gasteiger partial charge in [0.25, 0.3) is 0 Å². The van der Waals surface area contributed by atoms with Crippen LogP contribution < -0.4 is 9.47 Å². The number of rotatable bonds is 8. The van der Waals surface area contributed by atoms with Crippen molar-refractivity contribution in [2.45, 2.75) is 57.2 Å². The Labute approximate surface area is 177 Å². The van der Waals surface area contributed by atoms with E-state index in [1.807, 2.05) is 30.3 Å². The summed E-state index contributed by atoms with van der Waals surface area (Å²) in [5, 5.41) is 9.62. The summed E-state index contributed by atoms with van der Waals surface area (Å²) in [4.78, 5) is 0. The molecule has 5 nitrogen and oxygen atoms in total. The molecule has 0 aliphatic rings. The van der Waals surface area contributed by atoms with E-state index in [4.69, 9.17) is 9.47 Å². The molecule has 0 saturated carbocycles. The lowest BCUT2D eigenvalue weighted by Gasteiger charge is -2.19. The van der Waals surface area contributed by atoms with Crippen molar-refractivity contribution in [1.82, 2.24) is 14.8 Å². The van der Waals surface area contributed by atoms with Gasteiger partial charge in [-0.25, -0.2) is 0 Å². The number of methoxy groups -OCH3 is 1. The third-order valence-electron chi connectivity index (χ3n) is 4.70. The zero-order chi connectivity index (χ0) is 20.9. The van der Waals surface area contributed by atoms with Crippen LogP contribution in [0.5, 0.6) is 11.5 Å². The molecule has 1 aromatic heterocycles. The van der Waals surface area contributed by atoms with Crippen molar-refractivity contribution >= 4 is 11.8 Å². The van der Waals surface area contributed by atoms with Gasteiger partial charge in [-0.15, -0.1) is 10.2 Å². The second-order valence-corrected chi connectivity index (χ2v) is 8.79. The molecule has 3 rings (SSSR count). The molecule has 0 saturated heterocycles. The third kappa shape index (κ3) is 5.54. The lowest BCUT2D eigenvalue weighted by molar-refractivity contribution is 0.288. The van der Waals surface area contributed by atoms with Gasteiger partial charge in [-0.05, 0) is 47.7 Å². The molecular weight excluding hydrogens is 382 g/mol. The molecule has 154 valence electrons. The SMILES string of the molecule is CCn1c(COc2ccc(C(C)(C)C)cc2)nnc1SCc1cccc(OC)c1. The quantitative estimate of drug-likeness (QED) is 0.460. The summed E-state index contributed by atoms with van der Waals surface area (Å²) in [6.45, 7) is 9.91. The van der Waals surface area contributed by atoms with E-state index in [0.29, 0.717) is 6.61 Å². The van der Waals surface area contributed by atoms with Gasteiger partial charge in [-0.1, -0.05) is 56.8 Å². The van der Waals surface area contributed by atoms with Gasteiger partial charge in [-0.3, -0.25) is 0 Å². The minimum atomic E-state index is 0.135. The highest BCUT2D eigenvalue weighted by Gasteiger charge is 2.14. The molecule has 0 amide bonds. The molecule has 6 heteroatoms. The lowest BCUT2D eigenvalue weighted by Crippen LogP contribution is -2.11. The molecular formula is C23H29N3O2S. The summed E-state index contributed by atoms with van der Waals surface area (Å²) in [6, 6.07) is 16.4. The molecule has 3 aromatic rings. The van der Waals surface area contributed by atoms with Crippen molar-refractivity contribution in [2.75, 3.05) is 7.11 Å². The van der Waals surface area contributed by atoms with E-state index >= 15 is 0 Å². The van der Waals surface area contributed by atoms with Crippen molar-refractivity contribution in [3.63, 3.8) is 0 Å². The first-order valence-corrected chi connectivity index (χ1v) is 10.8. The highest BCUT2D eigenvalue weighted by atomic mass is 32.2. The van der Waals surface area contributed by atoms with Crippen LogP contribution in [0.25, 0.3) is 0 Å². The van der Waals surface area contributed by atoms with Gasteiger partial charge >= 0.3 is 0 Å². The molecule has 0 fully saturated rings. The van der Waals surface area contributed by atoms with Gasteiger partial charge < -0.3 is 14.0 Å². The normalized spacial score (nSPS) is 11.5. The predicted octanol–water partition coefficient (Wildman–Crippen LogP) is 5.48. The summed E-state index contributed by atoms with van der Waals surface area (Å²) in [7, 11) is 1.68. The fourth-order valence-electron chi connectivity index (χ4n) is 2.96. The van der Waals surface area contributed by atoms with Crippen LogP contribution in [0, 0.1) is 0 Å². The van der Waals surface area contributed by atoms with Crippen LogP contribution in [-0.2, 0) is 24.3 Å². The Morgan fingerprint density at radius 1 is 1.00 bits per heavy atom. The number of hydrogen-bond acceptors (Lipinski definition) is 5. The van der Waals surface area contributed by atoms with Gasteiger partial charge in [0.15, 0.2) is 11.0 Å². The van der Waals surface area contributed by atoms with Gasteiger partial charge in [0, 0.05) is 12.3 Å². The van der Waals surface area contributed by atoms with Crippen molar-refractivity contribution in [3.05, 3.63) is 65.5 Å². The second kappa shape index (κ2) is 9.35. The molecule has 29 heavy (non-hydrogen) atoms. The monoisotopic (exact) mass is 411 g/mol. The minimum absolute atomic E-state index is 0.135. The van der Waals surface area contributed by atoms with E-state index in [-0.39, 0.29) is 5.41 Å². The zero-order valence-electron chi connectivity index (χ0n) is 17.8. The average molecular weight is 412 g/mol. The lowest BCUT2D eigenvalue weighted by atomic mass is 9.87. The molecule has 2 aromatic carbocycles. The topological polar surface area (TPSA) is 49.2 Å². The number of benzene rings is 2. The molecule has 1 heterocycles. The van der Waals surface area contributed by atoms with E-state index in [2.05, 4.69) is 60.7 Å². The fraction of sp³-hybridized carbons (Fsp3) is 0.391. The summed E-state index contributed by atoms with van der Waals surface area (Å²) in [6.07, 6.45) is 0. The number of aromatic nitrogens is 3. The van der Waals surface area contributed by atoms with Crippen LogP contribution >= 0.6 is 11.8 Å². The van der Waals surface area contributed by atoms with Gasteiger partial charge in [0.2, 0.25) is 0 Å². The summed E-state index contributed by atoms with van der Waals surface area (Å²) in [5.74, 6) is 3.35. The summed E-state index contributed by atoms with van der Waals surface area (Å²) < 4.78 is 13.4. The van der Waals surface area contributed by atoms with Crippen LogP contribution in [0.15, 0.2) is 53.7 Å². The molecule has 0 bridgehead atoms. The Kier molecular flexibility index (Phi) is 6.85. The van der Waals surface area contributed by atoms with Crippen molar-refractivity contribution in [3.8, 4) is 11.5 Å². The highest BCUT2D eigenvalue weighted by Crippen LogP contribution is 2.26. The van der Waals surface area contributed by atoms with Crippen molar-refractivity contribution < 1.29 is 9.47 Å². The number of ether oxygens (including phenoxy) is 2. The average Bonchev–Trinajstić information content (AvgIpc) is 3.12. The number of nitrogens with zero attached hydrogens (tertiary/aromatic N) is 3. The van der Waals surface area contributed by atoms with Gasteiger partial charge in [-0.2, -0.15) is 0 Å². The smallest absolute Gasteiger partial charge is 0.191 e. The number of hydrogen-bond donors (Lipinski definition) is 0. The van der Waals surface area contributed by atoms with Crippen molar-refractivity contribution in [1.29, 1.82) is 0 Å². The van der Waals surface area contributed by atoms with Gasteiger partial charge in [0.1, 0.15) is 18.1 Å². The standard InChI is InChI=1S/C23H29N3O2S/c1-6-26-21(15-28-19-12-10-18(11-13-19)23(2,3)4)24-25-22(26)29-16-17-8-7-9-20(14-17)27-5/h7-14H,6,15-16H2,1-5H3. The van der Waals surface area contributed by atoms with E-state index in [9.17, 15) is 0 Å². The van der Waals surface area contributed by atoms with Crippen molar-refractivity contribution in [2.24, 2.45) is 0 Å². The molecule has 0 unspecified atom stereocenters. The summed E-state index contributed by atoms with van der Waals surface area (Å²) in [5.41, 5.74) is 2.62. The van der Waals surface area contributed by atoms with E-state index in [0.717, 1.165) is 34.8 Å². The predicted molar refractivity (Wildman–Crippen MR) is 118 cm³/mol. The first-order chi connectivity index (χ1) is 13.9. The largest absolute Gasteiger partial charge is 0.497 e. The minimum Gasteiger partial charge on any atom is -0.497 e.